The van der Waals surface area contributed by atoms with Crippen molar-refractivity contribution in [1.82, 2.24) is 9.97 Å². The Morgan fingerprint density at radius 1 is 1.29 bits per heavy atom. The maximum absolute atomic E-state index is 6.38. The summed E-state index contributed by atoms with van der Waals surface area (Å²) in [6, 6.07) is 0. The van der Waals surface area contributed by atoms with Crippen LogP contribution in [0.2, 0.25) is 0 Å². The molecule has 0 bridgehead atoms. The van der Waals surface area contributed by atoms with E-state index in [0.29, 0.717) is 5.92 Å². The van der Waals surface area contributed by atoms with Crippen LogP contribution in [0.15, 0.2) is 6.20 Å². The SMILES string of the molecule is CCC(CC)C(Cl)CNc1nc(C)cnc1C. The number of hydrogen-bond acceptors (Lipinski definition) is 3. The summed E-state index contributed by atoms with van der Waals surface area (Å²) in [6.45, 7) is 9.00. The molecule has 0 saturated heterocycles. The lowest BCUT2D eigenvalue weighted by Gasteiger charge is -2.20. The van der Waals surface area contributed by atoms with Crippen molar-refractivity contribution >= 4 is 17.4 Å². The van der Waals surface area contributed by atoms with Crippen LogP contribution in [0.4, 0.5) is 5.82 Å². The second-order valence-electron chi connectivity index (χ2n) is 4.42. The molecular weight excluding hydrogens is 234 g/mol. The number of alkyl halides is 1. The number of hydrogen-bond donors (Lipinski definition) is 1. The Hall–Kier alpha value is -0.830. The number of nitrogens with one attached hydrogen (secondary N) is 1. The van der Waals surface area contributed by atoms with Crippen molar-refractivity contribution in [3.8, 4) is 0 Å². The van der Waals surface area contributed by atoms with Gasteiger partial charge in [-0.3, -0.25) is 4.98 Å². The van der Waals surface area contributed by atoms with Gasteiger partial charge in [0, 0.05) is 12.7 Å². The van der Waals surface area contributed by atoms with E-state index in [1.165, 1.54) is 0 Å². The third-order valence-electron chi connectivity index (χ3n) is 3.10. The summed E-state index contributed by atoms with van der Waals surface area (Å²) in [7, 11) is 0. The van der Waals surface area contributed by atoms with Crippen molar-refractivity contribution in [3.05, 3.63) is 17.6 Å². The molecule has 0 aliphatic heterocycles. The van der Waals surface area contributed by atoms with Gasteiger partial charge in [0.25, 0.3) is 0 Å². The zero-order valence-electron chi connectivity index (χ0n) is 11.1. The van der Waals surface area contributed by atoms with Gasteiger partial charge in [0.15, 0.2) is 0 Å². The fourth-order valence-corrected chi connectivity index (χ4v) is 2.30. The van der Waals surface area contributed by atoms with Crippen molar-refractivity contribution in [2.24, 2.45) is 5.92 Å². The summed E-state index contributed by atoms with van der Waals surface area (Å²) in [5, 5.41) is 3.44. The van der Waals surface area contributed by atoms with Gasteiger partial charge in [-0.15, -0.1) is 11.6 Å². The van der Waals surface area contributed by atoms with Crippen LogP contribution in [0, 0.1) is 19.8 Å². The lowest BCUT2D eigenvalue weighted by molar-refractivity contribution is 0.475. The molecule has 0 fully saturated rings. The van der Waals surface area contributed by atoms with Crippen LogP contribution in [0.3, 0.4) is 0 Å². The van der Waals surface area contributed by atoms with Gasteiger partial charge in [0.05, 0.1) is 16.8 Å². The van der Waals surface area contributed by atoms with Crippen LogP contribution in [0.25, 0.3) is 0 Å². The molecular formula is C13H22ClN3. The molecule has 0 radical (unpaired) electrons. The number of nitrogens with zero attached hydrogens (tertiary/aromatic N) is 2. The van der Waals surface area contributed by atoms with Crippen LogP contribution in [-0.2, 0) is 0 Å². The standard InChI is InChI=1S/C13H22ClN3/c1-5-11(6-2)12(14)8-16-13-10(4)15-7-9(3)17-13/h7,11-12H,5-6,8H2,1-4H3,(H,16,17). The van der Waals surface area contributed by atoms with E-state index in [1.807, 2.05) is 13.8 Å². The van der Waals surface area contributed by atoms with Crippen LogP contribution in [0.5, 0.6) is 0 Å². The summed E-state index contributed by atoms with van der Waals surface area (Å²) in [5.74, 6) is 1.41. The molecule has 96 valence electrons. The van der Waals surface area contributed by atoms with E-state index in [2.05, 4.69) is 29.1 Å². The number of aromatic nitrogens is 2. The van der Waals surface area contributed by atoms with E-state index >= 15 is 0 Å². The smallest absolute Gasteiger partial charge is 0.147 e. The Bertz CT molecular complexity index is 351. The molecule has 0 saturated carbocycles. The quantitative estimate of drug-likeness (QED) is 0.790. The highest BCUT2D eigenvalue weighted by molar-refractivity contribution is 6.21. The summed E-state index contributed by atoms with van der Waals surface area (Å²) in [6.07, 6.45) is 4.01. The lowest BCUT2D eigenvalue weighted by atomic mass is 9.99. The zero-order chi connectivity index (χ0) is 12.8. The monoisotopic (exact) mass is 255 g/mol. The number of aryl methyl sites for hydroxylation is 2. The third kappa shape index (κ3) is 4.15. The van der Waals surface area contributed by atoms with E-state index in [4.69, 9.17) is 11.6 Å². The molecule has 0 aliphatic carbocycles. The molecule has 1 N–H and O–H groups in total. The molecule has 1 aromatic rings. The Kier molecular flexibility index (Phi) is 5.69. The maximum atomic E-state index is 6.38. The summed E-state index contributed by atoms with van der Waals surface area (Å²) in [5.41, 5.74) is 1.84. The van der Waals surface area contributed by atoms with Crippen molar-refractivity contribution in [3.63, 3.8) is 0 Å². The van der Waals surface area contributed by atoms with Gasteiger partial charge in [0.2, 0.25) is 0 Å². The lowest BCUT2D eigenvalue weighted by Crippen LogP contribution is -2.23. The van der Waals surface area contributed by atoms with E-state index in [1.54, 1.807) is 6.20 Å². The zero-order valence-corrected chi connectivity index (χ0v) is 11.9. The van der Waals surface area contributed by atoms with Crippen molar-refractivity contribution in [2.75, 3.05) is 11.9 Å². The van der Waals surface area contributed by atoms with Crippen LogP contribution < -0.4 is 5.32 Å². The van der Waals surface area contributed by atoms with Gasteiger partial charge in [-0.1, -0.05) is 26.7 Å². The molecule has 1 atom stereocenters. The summed E-state index contributed by atoms with van der Waals surface area (Å²) >= 11 is 6.38. The van der Waals surface area contributed by atoms with Crippen molar-refractivity contribution < 1.29 is 0 Å². The summed E-state index contributed by atoms with van der Waals surface area (Å²) in [4.78, 5) is 8.70. The molecule has 0 amide bonds. The predicted octanol–water partition coefficient (Wildman–Crippen LogP) is 3.55. The minimum atomic E-state index is 0.145. The minimum Gasteiger partial charge on any atom is -0.367 e. The fourth-order valence-electron chi connectivity index (χ4n) is 1.87. The van der Waals surface area contributed by atoms with Gasteiger partial charge in [-0.05, 0) is 19.8 Å². The Morgan fingerprint density at radius 2 is 1.94 bits per heavy atom. The number of halogens is 1. The van der Waals surface area contributed by atoms with Crippen molar-refractivity contribution in [2.45, 2.75) is 45.9 Å². The first-order chi connectivity index (χ1) is 8.08. The maximum Gasteiger partial charge on any atom is 0.147 e. The van der Waals surface area contributed by atoms with Gasteiger partial charge in [-0.25, -0.2) is 4.98 Å². The molecule has 3 nitrogen and oxygen atoms in total. The van der Waals surface area contributed by atoms with E-state index in [9.17, 15) is 0 Å². The average molecular weight is 256 g/mol. The minimum absolute atomic E-state index is 0.145. The molecule has 1 aromatic heterocycles. The molecule has 0 spiro atoms. The van der Waals surface area contributed by atoms with Crippen LogP contribution in [0.1, 0.15) is 38.1 Å². The molecule has 0 aliphatic rings. The predicted molar refractivity (Wildman–Crippen MR) is 73.7 cm³/mol. The molecule has 4 heteroatoms. The van der Waals surface area contributed by atoms with E-state index < -0.39 is 0 Å². The Morgan fingerprint density at radius 3 is 2.53 bits per heavy atom. The number of rotatable bonds is 6. The molecule has 0 aromatic carbocycles. The molecule has 1 heterocycles. The van der Waals surface area contributed by atoms with Gasteiger partial charge < -0.3 is 5.32 Å². The van der Waals surface area contributed by atoms with Gasteiger partial charge in [-0.2, -0.15) is 0 Å². The normalized spacial score (nSPS) is 12.8. The highest BCUT2D eigenvalue weighted by Crippen LogP contribution is 2.19. The highest BCUT2D eigenvalue weighted by Gasteiger charge is 2.15. The van der Waals surface area contributed by atoms with E-state index in [-0.39, 0.29) is 5.38 Å². The molecule has 17 heavy (non-hydrogen) atoms. The summed E-state index contributed by atoms with van der Waals surface area (Å²) < 4.78 is 0. The first-order valence-electron chi connectivity index (χ1n) is 6.26. The van der Waals surface area contributed by atoms with Crippen LogP contribution >= 0.6 is 11.6 Å². The second kappa shape index (κ2) is 6.80. The third-order valence-corrected chi connectivity index (χ3v) is 3.61. The fraction of sp³-hybridized carbons (Fsp3) is 0.692. The second-order valence-corrected chi connectivity index (χ2v) is 4.98. The van der Waals surface area contributed by atoms with Gasteiger partial charge in [0.1, 0.15) is 5.82 Å². The average Bonchev–Trinajstić information content (AvgIpc) is 2.32. The van der Waals surface area contributed by atoms with Crippen LogP contribution in [-0.4, -0.2) is 21.9 Å². The number of anilines is 1. The van der Waals surface area contributed by atoms with E-state index in [0.717, 1.165) is 36.6 Å². The molecule has 1 rings (SSSR count). The highest BCUT2D eigenvalue weighted by atomic mass is 35.5. The Labute approximate surface area is 109 Å². The Balaban J connectivity index is 2.57. The van der Waals surface area contributed by atoms with Crippen molar-refractivity contribution in [1.29, 1.82) is 0 Å². The topological polar surface area (TPSA) is 37.8 Å². The first-order valence-corrected chi connectivity index (χ1v) is 6.70. The van der Waals surface area contributed by atoms with Gasteiger partial charge >= 0.3 is 0 Å². The first kappa shape index (κ1) is 14.2. The molecule has 1 unspecified atom stereocenters. The largest absolute Gasteiger partial charge is 0.367 e.